The summed E-state index contributed by atoms with van der Waals surface area (Å²) < 4.78 is 32.1. The van der Waals surface area contributed by atoms with Crippen LogP contribution in [0.15, 0.2) is 23.1 Å². The Kier molecular flexibility index (Phi) is 3.70. The second-order valence-corrected chi connectivity index (χ2v) is 7.46. The van der Waals surface area contributed by atoms with Gasteiger partial charge in [0.05, 0.1) is 11.0 Å². The summed E-state index contributed by atoms with van der Waals surface area (Å²) in [5.74, 6) is 0. The number of hydrogen-bond donors (Lipinski definition) is 1. The molecule has 1 fully saturated rings. The summed E-state index contributed by atoms with van der Waals surface area (Å²) >= 11 is 0. The number of nitrogens with zero attached hydrogens (tertiary/aromatic N) is 1. The number of benzene rings is 1. The minimum atomic E-state index is -3.42. The first-order valence-electron chi connectivity index (χ1n) is 7.02. The summed E-state index contributed by atoms with van der Waals surface area (Å²) in [4.78, 5) is 0.375. The first-order chi connectivity index (χ1) is 9.57. The highest BCUT2D eigenvalue weighted by atomic mass is 32.2. The lowest BCUT2D eigenvalue weighted by atomic mass is 10.2. The maximum atomic E-state index is 12.6. The van der Waals surface area contributed by atoms with Gasteiger partial charge in [-0.1, -0.05) is 0 Å². The molecule has 0 aliphatic carbocycles. The fourth-order valence-corrected chi connectivity index (χ4v) is 4.05. The van der Waals surface area contributed by atoms with E-state index in [1.54, 1.807) is 19.2 Å². The molecule has 110 valence electrons. The number of anilines is 1. The highest BCUT2D eigenvalue weighted by Gasteiger charge is 2.27. The number of rotatable bonds is 4. The van der Waals surface area contributed by atoms with Gasteiger partial charge in [0, 0.05) is 32.4 Å². The lowest BCUT2D eigenvalue weighted by Crippen LogP contribution is -2.34. The average Bonchev–Trinajstić information content (AvgIpc) is 3.07. The number of sulfonamides is 1. The summed E-state index contributed by atoms with van der Waals surface area (Å²) in [5.41, 5.74) is 2.13. The fraction of sp³-hybridized carbons (Fsp3) is 0.571. The van der Waals surface area contributed by atoms with Gasteiger partial charge in [0.25, 0.3) is 0 Å². The molecule has 5 nitrogen and oxygen atoms in total. The molecule has 1 N–H and O–H groups in total. The van der Waals surface area contributed by atoms with Crippen LogP contribution in [0.5, 0.6) is 0 Å². The molecule has 3 rings (SSSR count). The molecule has 1 aromatic carbocycles. The zero-order valence-electron chi connectivity index (χ0n) is 11.6. The minimum absolute atomic E-state index is 0.0332. The van der Waals surface area contributed by atoms with Crippen LogP contribution in [-0.4, -0.2) is 45.6 Å². The van der Waals surface area contributed by atoms with Gasteiger partial charge in [-0.25, -0.2) is 8.42 Å². The Hall–Kier alpha value is -1.11. The van der Waals surface area contributed by atoms with E-state index >= 15 is 0 Å². The van der Waals surface area contributed by atoms with Crippen LogP contribution in [0.3, 0.4) is 0 Å². The fourth-order valence-electron chi connectivity index (χ4n) is 2.79. The van der Waals surface area contributed by atoms with Crippen LogP contribution in [0.1, 0.15) is 18.4 Å². The van der Waals surface area contributed by atoms with Gasteiger partial charge < -0.3 is 10.1 Å². The maximum absolute atomic E-state index is 12.6. The van der Waals surface area contributed by atoms with Crippen LogP contribution in [0.4, 0.5) is 5.69 Å². The number of fused-ring (bicyclic) bond motifs is 1. The molecule has 2 aliphatic rings. The average molecular weight is 296 g/mol. The van der Waals surface area contributed by atoms with Crippen molar-refractivity contribution in [2.24, 2.45) is 0 Å². The highest BCUT2D eigenvalue weighted by molar-refractivity contribution is 7.89. The van der Waals surface area contributed by atoms with Crippen molar-refractivity contribution in [1.29, 1.82) is 0 Å². The predicted octanol–water partition coefficient (Wildman–Crippen LogP) is 1.45. The lowest BCUT2D eigenvalue weighted by Gasteiger charge is -2.20. The molecule has 2 aliphatic heterocycles. The Morgan fingerprint density at radius 2 is 2.30 bits per heavy atom. The van der Waals surface area contributed by atoms with Gasteiger partial charge in [-0.2, -0.15) is 4.31 Å². The topological polar surface area (TPSA) is 58.6 Å². The van der Waals surface area contributed by atoms with Crippen molar-refractivity contribution in [3.05, 3.63) is 23.8 Å². The molecule has 0 aromatic heterocycles. The van der Waals surface area contributed by atoms with Crippen molar-refractivity contribution in [2.45, 2.75) is 30.3 Å². The third kappa shape index (κ3) is 2.55. The van der Waals surface area contributed by atoms with E-state index in [0.717, 1.165) is 43.7 Å². The molecule has 1 unspecified atom stereocenters. The summed E-state index contributed by atoms with van der Waals surface area (Å²) in [6, 6.07) is 5.32. The molecule has 0 saturated carbocycles. The first-order valence-corrected chi connectivity index (χ1v) is 8.46. The van der Waals surface area contributed by atoms with E-state index in [-0.39, 0.29) is 6.10 Å². The van der Waals surface area contributed by atoms with Gasteiger partial charge in [0.1, 0.15) is 0 Å². The molecular formula is C14H20N2O3S. The van der Waals surface area contributed by atoms with Crippen LogP contribution in [0.2, 0.25) is 0 Å². The number of hydrogen-bond acceptors (Lipinski definition) is 4. The zero-order chi connectivity index (χ0) is 14.2. The van der Waals surface area contributed by atoms with Crippen LogP contribution < -0.4 is 5.32 Å². The normalized spacial score (nSPS) is 22.0. The molecule has 20 heavy (non-hydrogen) atoms. The van der Waals surface area contributed by atoms with Crippen molar-refractivity contribution < 1.29 is 13.2 Å². The van der Waals surface area contributed by atoms with Crippen molar-refractivity contribution in [3.8, 4) is 0 Å². The molecule has 2 heterocycles. The van der Waals surface area contributed by atoms with Crippen molar-refractivity contribution in [1.82, 2.24) is 4.31 Å². The van der Waals surface area contributed by atoms with Gasteiger partial charge in [0.15, 0.2) is 0 Å². The van der Waals surface area contributed by atoms with Gasteiger partial charge >= 0.3 is 0 Å². The smallest absolute Gasteiger partial charge is 0.242 e. The Balaban J connectivity index is 1.79. The molecule has 1 aromatic rings. The largest absolute Gasteiger partial charge is 0.384 e. The third-order valence-electron chi connectivity index (χ3n) is 3.98. The number of nitrogens with one attached hydrogen (secondary N) is 1. The van der Waals surface area contributed by atoms with Crippen molar-refractivity contribution in [3.63, 3.8) is 0 Å². The van der Waals surface area contributed by atoms with Gasteiger partial charge in [-0.05, 0) is 43.0 Å². The van der Waals surface area contributed by atoms with Crippen molar-refractivity contribution >= 4 is 15.7 Å². The quantitative estimate of drug-likeness (QED) is 0.914. The van der Waals surface area contributed by atoms with Crippen LogP contribution in [0.25, 0.3) is 0 Å². The Labute approximate surface area is 120 Å². The third-order valence-corrected chi connectivity index (χ3v) is 5.80. The van der Waals surface area contributed by atoms with Gasteiger partial charge in [-0.3, -0.25) is 0 Å². The molecular weight excluding hydrogens is 276 g/mol. The van der Waals surface area contributed by atoms with Crippen LogP contribution >= 0.6 is 0 Å². The number of likely N-dealkylation sites (N-methyl/N-ethyl adjacent to an activating group) is 1. The molecule has 0 spiro atoms. The Morgan fingerprint density at radius 1 is 1.45 bits per heavy atom. The second kappa shape index (κ2) is 5.35. The lowest BCUT2D eigenvalue weighted by molar-refractivity contribution is 0.0979. The zero-order valence-corrected chi connectivity index (χ0v) is 12.4. The summed E-state index contributed by atoms with van der Waals surface area (Å²) in [5, 5.41) is 3.24. The van der Waals surface area contributed by atoms with E-state index in [0.29, 0.717) is 11.4 Å². The monoisotopic (exact) mass is 296 g/mol. The van der Waals surface area contributed by atoms with Gasteiger partial charge in [-0.15, -0.1) is 0 Å². The van der Waals surface area contributed by atoms with E-state index in [2.05, 4.69) is 5.32 Å². The van der Waals surface area contributed by atoms with Crippen LogP contribution in [-0.2, 0) is 21.2 Å². The maximum Gasteiger partial charge on any atom is 0.242 e. The molecule has 0 bridgehead atoms. The molecule has 1 atom stereocenters. The summed E-state index contributed by atoms with van der Waals surface area (Å²) in [7, 11) is -1.80. The summed E-state index contributed by atoms with van der Waals surface area (Å²) in [6.45, 7) is 2.05. The van der Waals surface area contributed by atoms with E-state index in [4.69, 9.17) is 4.74 Å². The predicted molar refractivity (Wildman–Crippen MR) is 77.4 cm³/mol. The molecule has 1 saturated heterocycles. The second-order valence-electron chi connectivity index (χ2n) is 5.42. The van der Waals surface area contributed by atoms with Crippen LogP contribution in [0, 0.1) is 0 Å². The van der Waals surface area contributed by atoms with E-state index < -0.39 is 10.0 Å². The Morgan fingerprint density at radius 3 is 3.05 bits per heavy atom. The highest BCUT2D eigenvalue weighted by Crippen LogP contribution is 2.26. The minimum Gasteiger partial charge on any atom is -0.384 e. The van der Waals surface area contributed by atoms with E-state index in [1.807, 2.05) is 6.07 Å². The molecule has 0 amide bonds. The number of ether oxygens (including phenoxy) is 1. The molecule has 0 radical (unpaired) electrons. The first kappa shape index (κ1) is 13.9. The molecule has 6 heteroatoms. The van der Waals surface area contributed by atoms with Crippen molar-refractivity contribution in [2.75, 3.05) is 32.1 Å². The SMILES string of the molecule is CN(CC1CCCO1)S(=O)(=O)c1ccc2c(c1)CCN2. The summed E-state index contributed by atoms with van der Waals surface area (Å²) in [6.07, 6.45) is 2.87. The van der Waals surface area contributed by atoms with Gasteiger partial charge in [0.2, 0.25) is 10.0 Å². The standard InChI is InChI=1S/C14H20N2O3S/c1-16(10-12-3-2-8-19-12)20(17,18)13-4-5-14-11(9-13)6-7-15-14/h4-5,9,12,15H,2-3,6-8,10H2,1H3. The van der Waals surface area contributed by atoms with E-state index in [1.165, 1.54) is 4.31 Å². The Bertz CT molecular complexity index is 594. The van der Waals surface area contributed by atoms with E-state index in [9.17, 15) is 8.42 Å².